The summed E-state index contributed by atoms with van der Waals surface area (Å²) in [6.07, 6.45) is 3.24. The second kappa shape index (κ2) is 15.2. The van der Waals surface area contributed by atoms with Crippen molar-refractivity contribution in [1.29, 1.82) is 0 Å². The highest BCUT2D eigenvalue weighted by atomic mass is 35.5. The Labute approximate surface area is 289 Å². The molecule has 12 nitrogen and oxygen atoms in total. The number of pyridine rings is 1. The molecule has 5 rings (SSSR count). The molecule has 3 heterocycles. The van der Waals surface area contributed by atoms with E-state index in [9.17, 15) is 9.59 Å². The first-order valence-corrected chi connectivity index (χ1v) is 16.1. The molecule has 0 fully saturated rings. The Hall–Kier alpha value is -5.36. The van der Waals surface area contributed by atoms with Crippen molar-refractivity contribution >= 4 is 23.3 Å². The minimum absolute atomic E-state index is 0.0340. The zero-order valence-corrected chi connectivity index (χ0v) is 29.2. The Kier molecular flexibility index (Phi) is 10.9. The predicted octanol–water partition coefficient (Wildman–Crippen LogP) is 6.36. The number of nitrogens with one attached hydrogen (secondary N) is 1. The third kappa shape index (κ3) is 7.54. The lowest BCUT2D eigenvalue weighted by Gasteiger charge is -2.24. The van der Waals surface area contributed by atoms with Crippen LogP contribution in [0.5, 0.6) is 17.6 Å². The minimum Gasteiger partial charge on any atom is -0.497 e. The molecule has 0 amide bonds. The number of nitrogens with zero attached hydrogens (tertiary/aromatic N) is 5. The zero-order chi connectivity index (χ0) is 35.2. The predicted molar refractivity (Wildman–Crippen MR) is 187 cm³/mol. The van der Waals surface area contributed by atoms with E-state index in [1.807, 2.05) is 69.3 Å². The summed E-state index contributed by atoms with van der Waals surface area (Å²) >= 11 is 6.55. The maximum absolute atomic E-state index is 13.7. The quantitative estimate of drug-likeness (QED) is 0.140. The average Bonchev–Trinajstić information content (AvgIpc) is 3.50. The maximum Gasteiger partial charge on any atom is 0.359 e. The first-order valence-electron chi connectivity index (χ1n) is 15.7. The topological polar surface area (TPSA) is 132 Å². The summed E-state index contributed by atoms with van der Waals surface area (Å²) in [5.74, 6) is 0.145. The third-order valence-corrected chi connectivity index (χ3v) is 8.13. The molecule has 0 bridgehead atoms. The van der Waals surface area contributed by atoms with Crippen LogP contribution in [0, 0.1) is 6.92 Å². The number of aryl methyl sites for hydroxylation is 1. The molecule has 2 aromatic carbocycles. The number of hydrogen-bond donors (Lipinski definition) is 1. The van der Waals surface area contributed by atoms with Crippen molar-refractivity contribution in [2.75, 3.05) is 33.3 Å². The number of hydrogen-bond acceptors (Lipinski definition) is 10. The fourth-order valence-corrected chi connectivity index (χ4v) is 5.75. The molecule has 0 saturated carbocycles. The van der Waals surface area contributed by atoms with Crippen LogP contribution >= 0.6 is 11.6 Å². The molecular formula is C36H39ClN6O6. The molecule has 0 radical (unpaired) electrons. The molecule has 256 valence electrons. The summed E-state index contributed by atoms with van der Waals surface area (Å²) in [5, 5.41) is 8.43. The van der Waals surface area contributed by atoms with Crippen LogP contribution < -0.4 is 25.1 Å². The summed E-state index contributed by atoms with van der Waals surface area (Å²) in [4.78, 5) is 35.6. The van der Waals surface area contributed by atoms with Gasteiger partial charge in [0.15, 0.2) is 5.69 Å². The van der Waals surface area contributed by atoms with Crippen LogP contribution in [0.2, 0.25) is 5.02 Å². The number of carbonyl (C=O) groups is 1. The number of rotatable bonds is 13. The summed E-state index contributed by atoms with van der Waals surface area (Å²) in [6.45, 7) is 8.15. The van der Waals surface area contributed by atoms with Crippen LogP contribution in [0.25, 0.3) is 5.69 Å². The second-order valence-corrected chi connectivity index (χ2v) is 11.9. The van der Waals surface area contributed by atoms with E-state index in [0.717, 1.165) is 16.7 Å². The van der Waals surface area contributed by atoms with Gasteiger partial charge < -0.3 is 28.8 Å². The first-order chi connectivity index (χ1) is 23.6. The van der Waals surface area contributed by atoms with E-state index >= 15 is 0 Å². The van der Waals surface area contributed by atoms with Gasteiger partial charge in [0.1, 0.15) is 16.5 Å². The molecule has 1 unspecified atom stereocenters. The molecule has 3 aromatic heterocycles. The molecule has 1 atom stereocenters. The zero-order valence-electron chi connectivity index (χ0n) is 28.5. The van der Waals surface area contributed by atoms with E-state index in [2.05, 4.69) is 15.3 Å². The van der Waals surface area contributed by atoms with Crippen LogP contribution in [-0.2, 0) is 11.3 Å². The highest BCUT2D eigenvalue weighted by Gasteiger charge is 2.34. The van der Waals surface area contributed by atoms with Crippen LogP contribution in [-0.4, -0.2) is 58.2 Å². The number of esters is 1. The van der Waals surface area contributed by atoms with Gasteiger partial charge in [-0.15, -0.1) is 0 Å². The van der Waals surface area contributed by atoms with E-state index in [0.29, 0.717) is 28.4 Å². The summed E-state index contributed by atoms with van der Waals surface area (Å²) in [7, 11) is 4.54. The number of ether oxygens (including phenoxy) is 4. The highest BCUT2D eigenvalue weighted by molar-refractivity contribution is 6.30. The lowest BCUT2D eigenvalue weighted by molar-refractivity contribution is 0.0517. The maximum atomic E-state index is 13.7. The summed E-state index contributed by atoms with van der Waals surface area (Å²) in [6, 6.07) is 16.4. The van der Waals surface area contributed by atoms with Crippen molar-refractivity contribution in [3.63, 3.8) is 0 Å². The van der Waals surface area contributed by atoms with Gasteiger partial charge in [0.2, 0.25) is 5.88 Å². The Balaban J connectivity index is 1.72. The van der Waals surface area contributed by atoms with Crippen molar-refractivity contribution < 1.29 is 23.7 Å². The van der Waals surface area contributed by atoms with Crippen molar-refractivity contribution in [3.05, 3.63) is 116 Å². The van der Waals surface area contributed by atoms with Gasteiger partial charge in [-0.3, -0.25) is 4.79 Å². The summed E-state index contributed by atoms with van der Waals surface area (Å²) in [5.41, 5.74) is 4.74. The normalized spacial score (nSPS) is 11.7. The number of aromatic nitrogens is 5. The monoisotopic (exact) mass is 686 g/mol. The molecule has 49 heavy (non-hydrogen) atoms. The molecule has 0 aliphatic heterocycles. The molecule has 13 heteroatoms. The smallest absolute Gasteiger partial charge is 0.359 e. The van der Waals surface area contributed by atoms with Crippen molar-refractivity contribution in [1.82, 2.24) is 24.3 Å². The molecule has 0 saturated heterocycles. The lowest BCUT2D eigenvalue weighted by Crippen LogP contribution is -2.23. The third-order valence-electron chi connectivity index (χ3n) is 7.86. The lowest BCUT2D eigenvalue weighted by atomic mass is 9.91. The van der Waals surface area contributed by atoms with Crippen LogP contribution in [0.3, 0.4) is 0 Å². The van der Waals surface area contributed by atoms with Gasteiger partial charge in [0.25, 0.3) is 5.56 Å². The molecule has 1 N–H and O–H groups in total. The molecule has 0 aliphatic rings. The van der Waals surface area contributed by atoms with Crippen molar-refractivity contribution in [3.8, 4) is 23.3 Å². The second-order valence-electron chi connectivity index (χ2n) is 11.5. The van der Waals surface area contributed by atoms with E-state index in [4.69, 9.17) is 35.6 Å². The minimum atomic E-state index is -0.653. The van der Waals surface area contributed by atoms with E-state index < -0.39 is 12.0 Å². The number of benzene rings is 2. The van der Waals surface area contributed by atoms with Crippen LogP contribution in [0.1, 0.15) is 71.2 Å². The van der Waals surface area contributed by atoms with Gasteiger partial charge >= 0.3 is 12.0 Å². The SMILES string of the molecule is CCOC(=O)c1nn(-c2cnc(OC)nc2OC)c(C(C)C)c1C(Nc1cc(Cl)c(=O)n(Cc2ccc(OC)cc2)c1)c1ccc(C)cc1. The molecule has 5 aromatic rings. The first kappa shape index (κ1) is 35.0. The Bertz CT molecular complexity index is 1990. The largest absolute Gasteiger partial charge is 0.497 e. The van der Waals surface area contributed by atoms with Gasteiger partial charge in [-0.05, 0) is 49.1 Å². The fraction of sp³-hybridized carbons (Fsp3) is 0.306. The number of methoxy groups -OCH3 is 3. The van der Waals surface area contributed by atoms with Gasteiger partial charge in [-0.1, -0.05) is 67.4 Å². The fourth-order valence-electron chi connectivity index (χ4n) is 5.53. The Morgan fingerprint density at radius 2 is 1.71 bits per heavy atom. The Morgan fingerprint density at radius 1 is 1.00 bits per heavy atom. The molecule has 0 spiro atoms. The van der Waals surface area contributed by atoms with Crippen LogP contribution in [0.15, 0.2) is 71.8 Å². The van der Waals surface area contributed by atoms with Gasteiger partial charge in [-0.25, -0.2) is 14.5 Å². The molecule has 0 aliphatic carbocycles. The van der Waals surface area contributed by atoms with Gasteiger partial charge in [0.05, 0.1) is 58.1 Å². The Morgan fingerprint density at radius 3 is 2.33 bits per heavy atom. The van der Waals surface area contributed by atoms with Crippen molar-refractivity contribution in [2.45, 2.75) is 46.2 Å². The van der Waals surface area contributed by atoms with E-state index in [-0.39, 0.29) is 47.2 Å². The summed E-state index contributed by atoms with van der Waals surface area (Å²) < 4.78 is 24.8. The van der Waals surface area contributed by atoms with E-state index in [1.165, 1.54) is 25.0 Å². The average molecular weight is 687 g/mol. The number of carbonyl (C=O) groups excluding carboxylic acids is 1. The van der Waals surface area contributed by atoms with Crippen LogP contribution in [0.4, 0.5) is 5.69 Å². The van der Waals surface area contributed by atoms with Crippen molar-refractivity contribution in [2.24, 2.45) is 0 Å². The standard InChI is InChI=1S/C36H39ClN6O6/c1-8-49-35(45)31-29(32(21(2)3)43(41-31)28-18-38-36(48-7)40-33(28)47-6)30(24-13-9-22(4)10-14-24)39-25-17-27(37)34(44)42(20-25)19-23-11-15-26(46-5)16-12-23/h9-18,20-21,30,39H,8,19H2,1-7H3. The number of anilines is 1. The highest BCUT2D eigenvalue weighted by Crippen LogP contribution is 2.38. The molecular weight excluding hydrogens is 648 g/mol. The number of halogens is 1. The van der Waals surface area contributed by atoms with Gasteiger partial charge in [0, 0.05) is 11.8 Å². The van der Waals surface area contributed by atoms with Gasteiger partial charge in [-0.2, -0.15) is 10.1 Å². The van der Waals surface area contributed by atoms with E-state index in [1.54, 1.807) is 31.0 Å².